The zero-order chi connectivity index (χ0) is 21.5. The molecule has 0 fully saturated rings. The molecule has 0 spiro atoms. The van der Waals surface area contributed by atoms with Gasteiger partial charge in [0.05, 0.1) is 12.2 Å². The van der Waals surface area contributed by atoms with E-state index in [0.29, 0.717) is 22.8 Å². The second-order valence-electron chi connectivity index (χ2n) is 6.49. The molecule has 1 aromatic heterocycles. The van der Waals surface area contributed by atoms with Gasteiger partial charge in [0.2, 0.25) is 0 Å². The van der Waals surface area contributed by atoms with Crippen LogP contribution in [0.25, 0.3) is 17.4 Å². The molecular formula is C24H20N2O4. The maximum absolute atomic E-state index is 12.4. The van der Waals surface area contributed by atoms with E-state index in [2.05, 4.69) is 5.32 Å². The van der Waals surface area contributed by atoms with Crippen molar-refractivity contribution in [3.63, 3.8) is 0 Å². The zero-order valence-electron chi connectivity index (χ0n) is 16.6. The van der Waals surface area contributed by atoms with Gasteiger partial charge in [-0.3, -0.25) is 4.79 Å². The second-order valence-corrected chi connectivity index (χ2v) is 6.49. The third-order valence-electron chi connectivity index (χ3n) is 4.27. The minimum absolute atomic E-state index is 0.103. The topological polar surface area (TPSA) is 92.3 Å². The van der Waals surface area contributed by atoms with Gasteiger partial charge in [0.1, 0.15) is 23.2 Å². The standard InChI is InChI=1S/C24H20N2O4/c1-3-29-24(28)18-8-10-20(11-9-18)26-23(27)19(15-25)14-21-12-13-22(30-21)17-6-4-16(2)5-7-17/h4-14H,3H2,1-2H3,(H,26,27)/b19-14+. The van der Waals surface area contributed by atoms with E-state index in [9.17, 15) is 14.9 Å². The minimum Gasteiger partial charge on any atom is -0.462 e. The van der Waals surface area contributed by atoms with Gasteiger partial charge in [-0.1, -0.05) is 29.8 Å². The summed E-state index contributed by atoms with van der Waals surface area (Å²) in [6.45, 7) is 4.01. The summed E-state index contributed by atoms with van der Waals surface area (Å²) in [5.74, 6) is 0.0355. The van der Waals surface area contributed by atoms with Gasteiger partial charge in [0.25, 0.3) is 5.91 Å². The second kappa shape index (κ2) is 9.39. The summed E-state index contributed by atoms with van der Waals surface area (Å²) < 4.78 is 10.7. The number of esters is 1. The molecule has 2 aromatic carbocycles. The Balaban J connectivity index is 1.72. The summed E-state index contributed by atoms with van der Waals surface area (Å²) in [5.41, 5.74) is 2.78. The van der Waals surface area contributed by atoms with Crippen LogP contribution in [0.3, 0.4) is 0 Å². The quantitative estimate of drug-likeness (QED) is 0.358. The molecule has 0 aliphatic heterocycles. The summed E-state index contributed by atoms with van der Waals surface area (Å²) >= 11 is 0. The molecule has 0 saturated heterocycles. The van der Waals surface area contributed by atoms with Crippen molar-refractivity contribution in [2.24, 2.45) is 0 Å². The number of ether oxygens (including phenoxy) is 1. The highest BCUT2D eigenvalue weighted by molar-refractivity contribution is 6.09. The highest BCUT2D eigenvalue weighted by Gasteiger charge is 2.12. The molecule has 6 heteroatoms. The van der Waals surface area contributed by atoms with Gasteiger partial charge < -0.3 is 14.5 Å². The van der Waals surface area contributed by atoms with Gasteiger partial charge in [-0.05, 0) is 50.2 Å². The molecule has 0 atom stereocenters. The number of nitriles is 1. The molecule has 150 valence electrons. The van der Waals surface area contributed by atoms with E-state index < -0.39 is 11.9 Å². The van der Waals surface area contributed by atoms with Crippen LogP contribution < -0.4 is 5.32 Å². The van der Waals surface area contributed by atoms with Crippen molar-refractivity contribution >= 4 is 23.6 Å². The number of rotatable bonds is 6. The van der Waals surface area contributed by atoms with Crippen molar-refractivity contribution in [1.82, 2.24) is 0 Å². The number of nitrogens with zero attached hydrogens (tertiary/aromatic N) is 1. The summed E-state index contributed by atoms with van der Waals surface area (Å²) in [6.07, 6.45) is 1.39. The Morgan fingerprint density at radius 3 is 2.40 bits per heavy atom. The Labute approximate surface area is 174 Å². The maximum atomic E-state index is 12.4. The van der Waals surface area contributed by atoms with E-state index in [-0.39, 0.29) is 12.2 Å². The fourth-order valence-corrected chi connectivity index (χ4v) is 2.70. The van der Waals surface area contributed by atoms with Crippen molar-refractivity contribution in [3.05, 3.63) is 83.1 Å². The molecule has 3 rings (SSSR count). The third-order valence-corrected chi connectivity index (χ3v) is 4.27. The smallest absolute Gasteiger partial charge is 0.338 e. The largest absolute Gasteiger partial charge is 0.462 e. The number of anilines is 1. The Morgan fingerprint density at radius 1 is 1.07 bits per heavy atom. The summed E-state index contributed by atoms with van der Waals surface area (Å²) in [6, 6.07) is 19.5. The lowest BCUT2D eigenvalue weighted by Gasteiger charge is -2.06. The predicted molar refractivity (Wildman–Crippen MR) is 113 cm³/mol. The number of benzene rings is 2. The van der Waals surface area contributed by atoms with Crippen LogP contribution in [0.5, 0.6) is 0 Å². The highest BCUT2D eigenvalue weighted by atomic mass is 16.5. The average Bonchev–Trinajstić information content (AvgIpc) is 3.21. The lowest BCUT2D eigenvalue weighted by Crippen LogP contribution is -2.13. The lowest BCUT2D eigenvalue weighted by molar-refractivity contribution is -0.112. The number of amides is 1. The van der Waals surface area contributed by atoms with Crippen LogP contribution in [0.15, 0.2) is 70.7 Å². The van der Waals surface area contributed by atoms with Gasteiger partial charge in [-0.15, -0.1) is 0 Å². The van der Waals surface area contributed by atoms with E-state index in [1.54, 1.807) is 43.3 Å². The number of carbonyl (C=O) groups is 2. The summed E-state index contributed by atoms with van der Waals surface area (Å²) in [5, 5.41) is 12.0. The highest BCUT2D eigenvalue weighted by Crippen LogP contribution is 2.24. The van der Waals surface area contributed by atoms with Crippen LogP contribution in [0.2, 0.25) is 0 Å². The van der Waals surface area contributed by atoms with Gasteiger partial charge >= 0.3 is 5.97 Å². The summed E-state index contributed by atoms with van der Waals surface area (Å²) in [4.78, 5) is 24.1. The van der Waals surface area contributed by atoms with Crippen LogP contribution in [-0.4, -0.2) is 18.5 Å². The van der Waals surface area contributed by atoms with Crippen LogP contribution in [0.4, 0.5) is 5.69 Å². The molecule has 0 aliphatic rings. The predicted octanol–water partition coefficient (Wildman–Crippen LogP) is 4.98. The van der Waals surface area contributed by atoms with Gasteiger partial charge in [0, 0.05) is 17.3 Å². The first-order valence-corrected chi connectivity index (χ1v) is 9.37. The minimum atomic E-state index is -0.574. The van der Waals surface area contributed by atoms with E-state index in [0.717, 1.165) is 11.1 Å². The average molecular weight is 400 g/mol. The number of hydrogen-bond acceptors (Lipinski definition) is 5. The van der Waals surface area contributed by atoms with Crippen LogP contribution >= 0.6 is 0 Å². The third kappa shape index (κ3) is 5.03. The molecule has 0 bridgehead atoms. The van der Waals surface area contributed by atoms with E-state index >= 15 is 0 Å². The molecular weight excluding hydrogens is 380 g/mol. The van der Waals surface area contributed by atoms with E-state index in [1.165, 1.54) is 6.08 Å². The number of aryl methyl sites for hydroxylation is 1. The first-order chi connectivity index (χ1) is 14.5. The Morgan fingerprint density at radius 2 is 1.77 bits per heavy atom. The number of carbonyl (C=O) groups excluding carboxylic acids is 2. The first kappa shape index (κ1) is 20.6. The van der Waals surface area contributed by atoms with Gasteiger partial charge in [-0.25, -0.2) is 4.79 Å². The van der Waals surface area contributed by atoms with Crippen LogP contribution in [0.1, 0.15) is 28.6 Å². The summed E-state index contributed by atoms with van der Waals surface area (Å²) in [7, 11) is 0. The van der Waals surface area contributed by atoms with Gasteiger partial charge in [0.15, 0.2) is 0 Å². The van der Waals surface area contributed by atoms with Crippen LogP contribution in [-0.2, 0) is 9.53 Å². The fraction of sp³-hybridized carbons (Fsp3) is 0.125. The molecule has 0 aliphatic carbocycles. The first-order valence-electron chi connectivity index (χ1n) is 9.37. The molecule has 0 radical (unpaired) electrons. The van der Waals surface area contributed by atoms with E-state index in [4.69, 9.17) is 9.15 Å². The Kier molecular flexibility index (Phi) is 6.46. The van der Waals surface area contributed by atoms with Crippen molar-refractivity contribution in [1.29, 1.82) is 5.26 Å². The molecule has 0 unspecified atom stereocenters. The molecule has 1 N–H and O–H groups in total. The Bertz CT molecular complexity index is 1120. The van der Waals surface area contributed by atoms with Crippen molar-refractivity contribution in [2.75, 3.05) is 11.9 Å². The SMILES string of the molecule is CCOC(=O)c1ccc(NC(=O)/C(C#N)=C/c2ccc(-c3ccc(C)cc3)o2)cc1. The zero-order valence-corrected chi connectivity index (χ0v) is 16.6. The number of nitrogens with one attached hydrogen (secondary N) is 1. The molecule has 6 nitrogen and oxygen atoms in total. The monoisotopic (exact) mass is 400 g/mol. The number of furan rings is 1. The lowest BCUT2D eigenvalue weighted by atomic mass is 10.1. The van der Waals surface area contributed by atoms with E-state index in [1.807, 2.05) is 37.3 Å². The van der Waals surface area contributed by atoms with Gasteiger partial charge in [-0.2, -0.15) is 5.26 Å². The maximum Gasteiger partial charge on any atom is 0.338 e. The normalized spacial score (nSPS) is 10.9. The number of hydrogen-bond donors (Lipinski definition) is 1. The van der Waals surface area contributed by atoms with Crippen molar-refractivity contribution in [2.45, 2.75) is 13.8 Å². The van der Waals surface area contributed by atoms with Crippen molar-refractivity contribution in [3.8, 4) is 17.4 Å². The van der Waals surface area contributed by atoms with Crippen molar-refractivity contribution < 1.29 is 18.7 Å². The molecule has 1 amide bonds. The molecule has 0 saturated carbocycles. The molecule has 3 aromatic rings. The molecule has 30 heavy (non-hydrogen) atoms. The molecule has 1 heterocycles. The van der Waals surface area contributed by atoms with Crippen LogP contribution in [0, 0.1) is 18.3 Å². The fourth-order valence-electron chi connectivity index (χ4n) is 2.70. The Hall–Kier alpha value is -4.11.